The lowest BCUT2D eigenvalue weighted by molar-refractivity contribution is 0.295. The van der Waals surface area contributed by atoms with Crippen molar-refractivity contribution in [1.82, 2.24) is 9.88 Å². The summed E-state index contributed by atoms with van der Waals surface area (Å²) >= 11 is 0. The minimum Gasteiger partial charge on any atom is -0.361 e. The summed E-state index contributed by atoms with van der Waals surface area (Å²) in [7, 11) is 2.22. The van der Waals surface area contributed by atoms with Crippen LogP contribution in [0.5, 0.6) is 0 Å². The molecular formula is C21H23N3. The van der Waals surface area contributed by atoms with Crippen LogP contribution in [0.2, 0.25) is 0 Å². The first-order valence-electron chi connectivity index (χ1n) is 8.80. The Morgan fingerprint density at radius 2 is 2.00 bits per heavy atom. The van der Waals surface area contributed by atoms with Gasteiger partial charge in [0, 0.05) is 36.3 Å². The molecule has 2 heterocycles. The minimum atomic E-state index is -0.0510. The number of nitrogens with zero attached hydrogens (tertiary/aromatic N) is 1. The van der Waals surface area contributed by atoms with Crippen LogP contribution in [-0.4, -0.2) is 23.5 Å². The number of aromatic amines is 1. The number of rotatable bonds is 2. The zero-order valence-corrected chi connectivity index (χ0v) is 14.0. The second-order valence-electron chi connectivity index (χ2n) is 7.64. The zero-order valence-electron chi connectivity index (χ0n) is 14.0. The Hall–Kier alpha value is -2.10. The summed E-state index contributed by atoms with van der Waals surface area (Å²) in [5.41, 5.74) is 13.2. The van der Waals surface area contributed by atoms with Crippen LogP contribution in [0.3, 0.4) is 0 Å². The molecule has 1 aliphatic heterocycles. The Labute approximate surface area is 142 Å². The molecule has 5 rings (SSSR count). The number of likely N-dealkylation sites (N-methyl/N-ethyl adjacent to an activating group) is 1. The van der Waals surface area contributed by atoms with Crippen LogP contribution in [0.25, 0.3) is 10.9 Å². The summed E-state index contributed by atoms with van der Waals surface area (Å²) in [6.07, 6.45) is 4.25. The predicted octanol–water partition coefficient (Wildman–Crippen LogP) is 3.69. The Kier molecular flexibility index (Phi) is 2.94. The van der Waals surface area contributed by atoms with Gasteiger partial charge in [-0.15, -0.1) is 0 Å². The van der Waals surface area contributed by atoms with E-state index in [1.807, 2.05) is 6.20 Å². The van der Waals surface area contributed by atoms with E-state index < -0.39 is 0 Å². The number of nitrogens with one attached hydrogen (secondary N) is 1. The van der Waals surface area contributed by atoms with Crippen LogP contribution in [0.1, 0.15) is 41.0 Å². The van der Waals surface area contributed by atoms with Gasteiger partial charge in [0.05, 0.1) is 0 Å². The molecule has 1 atom stereocenters. The third kappa shape index (κ3) is 2.20. The molecule has 1 unspecified atom stereocenters. The van der Waals surface area contributed by atoms with Gasteiger partial charge in [0.15, 0.2) is 0 Å². The average molecular weight is 317 g/mol. The van der Waals surface area contributed by atoms with Gasteiger partial charge in [-0.1, -0.05) is 24.3 Å². The molecule has 3 heteroatoms. The van der Waals surface area contributed by atoms with Crippen molar-refractivity contribution in [2.45, 2.75) is 30.8 Å². The third-order valence-electron chi connectivity index (χ3n) is 5.80. The summed E-state index contributed by atoms with van der Waals surface area (Å²) in [4.78, 5) is 5.71. The van der Waals surface area contributed by atoms with Crippen LogP contribution in [0, 0.1) is 0 Å². The van der Waals surface area contributed by atoms with Crippen molar-refractivity contribution in [3.8, 4) is 0 Å². The third-order valence-corrected chi connectivity index (χ3v) is 5.80. The monoisotopic (exact) mass is 317 g/mol. The lowest BCUT2D eigenvalue weighted by Crippen LogP contribution is -2.31. The van der Waals surface area contributed by atoms with E-state index in [4.69, 9.17) is 5.73 Å². The van der Waals surface area contributed by atoms with Crippen LogP contribution in [0.4, 0.5) is 0 Å². The molecule has 1 aromatic heterocycles. The molecule has 24 heavy (non-hydrogen) atoms. The molecule has 1 aliphatic carbocycles. The van der Waals surface area contributed by atoms with Crippen molar-refractivity contribution in [3.63, 3.8) is 0 Å². The quantitative estimate of drug-likeness (QED) is 0.757. The standard InChI is InChI=1S/C21H23N3/c1-24-12-16-11-17(21(22)7-8-21)3-4-18(16)19(13-24)14-2-5-20-15(10-14)6-9-23-20/h2-6,9-11,19,23H,7-8,12-13,22H2,1H3. The SMILES string of the molecule is CN1Cc2cc(C3(N)CC3)ccc2C(c2ccc3[nH]ccc3c2)C1. The number of fused-ring (bicyclic) bond motifs is 2. The Morgan fingerprint density at radius 1 is 1.12 bits per heavy atom. The van der Waals surface area contributed by atoms with E-state index in [1.54, 1.807) is 0 Å². The molecule has 0 bridgehead atoms. The summed E-state index contributed by atoms with van der Waals surface area (Å²) in [5.74, 6) is 0.431. The summed E-state index contributed by atoms with van der Waals surface area (Å²) in [5, 5.41) is 1.29. The number of H-pyrrole nitrogens is 1. The molecule has 2 aliphatic rings. The second-order valence-corrected chi connectivity index (χ2v) is 7.64. The molecule has 0 spiro atoms. The van der Waals surface area contributed by atoms with E-state index in [0.717, 1.165) is 25.9 Å². The van der Waals surface area contributed by atoms with Gasteiger partial charge >= 0.3 is 0 Å². The van der Waals surface area contributed by atoms with Gasteiger partial charge in [-0.2, -0.15) is 0 Å². The van der Waals surface area contributed by atoms with Crippen molar-refractivity contribution in [2.24, 2.45) is 5.73 Å². The van der Waals surface area contributed by atoms with Crippen LogP contribution in [-0.2, 0) is 12.1 Å². The highest BCUT2D eigenvalue weighted by Gasteiger charge is 2.40. The highest BCUT2D eigenvalue weighted by Crippen LogP contribution is 2.44. The van der Waals surface area contributed by atoms with Crippen molar-refractivity contribution in [1.29, 1.82) is 0 Å². The van der Waals surface area contributed by atoms with Gasteiger partial charge in [-0.3, -0.25) is 0 Å². The summed E-state index contributed by atoms with van der Waals surface area (Å²) < 4.78 is 0. The highest BCUT2D eigenvalue weighted by atomic mass is 15.1. The lowest BCUT2D eigenvalue weighted by Gasteiger charge is -2.33. The van der Waals surface area contributed by atoms with E-state index in [1.165, 1.54) is 33.2 Å². The summed E-state index contributed by atoms with van der Waals surface area (Å²) in [6.45, 7) is 2.08. The lowest BCUT2D eigenvalue weighted by atomic mass is 9.83. The predicted molar refractivity (Wildman–Crippen MR) is 98.0 cm³/mol. The molecule has 2 aromatic carbocycles. The molecule has 0 amide bonds. The molecule has 3 aromatic rings. The van der Waals surface area contributed by atoms with E-state index in [2.05, 4.69) is 59.4 Å². The Bertz CT molecular complexity index is 920. The van der Waals surface area contributed by atoms with Crippen molar-refractivity contribution < 1.29 is 0 Å². The van der Waals surface area contributed by atoms with Gasteiger partial charge in [-0.25, -0.2) is 0 Å². The maximum absolute atomic E-state index is 6.41. The Morgan fingerprint density at radius 3 is 2.83 bits per heavy atom. The fourth-order valence-electron chi connectivity index (χ4n) is 4.15. The minimum absolute atomic E-state index is 0.0510. The molecule has 0 radical (unpaired) electrons. The normalized spacial score (nSPS) is 22.5. The zero-order chi connectivity index (χ0) is 16.3. The average Bonchev–Trinajstić information content (AvgIpc) is 3.17. The van der Waals surface area contributed by atoms with E-state index in [-0.39, 0.29) is 5.54 Å². The first-order valence-corrected chi connectivity index (χ1v) is 8.80. The van der Waals surface area contributed by atoms with Crippen molar-refractivity contribution in [3.05, 3.63) is 70.9 Å². The molecule has 3 N–H and O–H groups in total. The fraction of sp³-hybridized carbons (Fsp3) is 0.333. The highest BCUT2D eigenvalue weighted by molar-refractivity contribution is 5.80. The van der Waals surface area contributed by atoms with E-state index >= 15 is 0 Å². The number of nitrogens with two attached hydrogens (primary N) is 1. The van der Waals surface area contributed by atoms with Crippen molar-refractivity contribution in [2.75, 3.05) is 13.6 Å². The maximum Gasteiger partial charge on any atom is 0.0454 e. The van der Waals surface area contributed by atoms with Gasteiger partial charge in [0.25, 0.3) is 0 Å². The van der Waals surface area contributed by atoms with Crippen molar-refractivity contribution >= 4 is 10.9 Å². The number of aromatic nitrogens is 1. The molecule has 1 fully saturated rings. The molecule has 0 saturated heterocycles. The largest absolute Gasteiger partial charge is 0.361 e. The molecule has 3 nitrogen and oxygen atoms in total. The Balaban J connectivity index is 1.60. The fourth-order valence-corrected chi connectivity index (χ4v) is 4.15. The number of hydrogen-bond acceptors (Lipinski definition) is 2. The molecule has 122 valence electrons. The van der Waals surface area contributed by atoms with E-state index in [9.17, 15) is 0 Å². The first kappa shape index (κ1) is 14.3. The van der Waals surface area contributed by atoms with Crippen LogP contribution >= 0.6 is 0 Å². The molecule has 1 saturated carbocycles. The maximum atomic E-state index is 6.41. The van der Waals surface area contributed by atoms with E-state index in [0.29, 0.717) is 5.92 Å². The van der Waals surface area contributed by atoms with Crippen LogP contribution in [0.15, 0.2) is 48.7 Å². The molecular weight excluding hydrogens is 294 g/mol. The number of benzene rings is 2. The topological polar surface area (TPSA) is 45.0 Å². The van der Waals surface area contributed by atoms with Crippen LogP contribution < -0.4 is 5.73 Å². The second kappa shape index (κ2) is 4.95. The van der Waals surface area contributed by atoms with Gasteiger partial charge in [0.1, 0.15) is 0 Å². The van der Waals surface area contributed by atoms with Gasteiger partial charge in [-0.05, 0) is 65.7 Å². The van der Waals surface area contributed by atoms with Gasteiger partial charge in [0.2, 0.25) is 0 Å². The smallest absolute Gasteiger partial charge is 0.0454 e. The summed E-state index contributed by atoms with van der Waals surface area (Å²) in [6, 6.07) is 15.9. The van der Waals surface area contributed by atoms with Gasteiger partial charge < -0.3 is 15.6 Å². The number of hydrogen-bond donors (Lipinski definition) is 2. The first-order chi connectivity index (χ1) is 11.6.